The van der Waals surface area contributed by atoms with E-state index in [0.29, 0.717) is 26.3 Å². The summed E-state index contributed by atoms with van der Waals surface area (Å²) in [6, 6.07) is 17.0. The van der Waals surface area contributed by atoms with Gasteiger partial charge >= 0.3 is 0 Å². The molecule has 0 saturated carbocycles. The molecule has 1 unspecified atom stereocenters. The van der Waals surface area contributed by atoms with Crippen LogP contribution in [0.3, 0.4) is 0 Å². The Kier molecular flexibility index (Phi) is 7.64. The van der Waals surface area contributed by atoms with Crippen LogP contribution in [-0.4, -0.2) is 55.2 Å². The molecule has 0 amide bonds. The molecule has 1 aliphatic heterocycles. The average Bonchev–Trinajstić information content (AvgIpc) is 2.84. The Bertz CT molecular complexity index is 1030. The summed E-state index contributed by atoms with van der Waals surface area (Å²) in [7, 11) is 0. The predicted octanol–water partition coefficient (Wildman–Crippen LogP) is 3.50. The first-order valence-electron chi connectivity index (χ1n) is 11.2. The van der Waals surface area contributed by atoms with E-state index in [0.717, 1.165) is 47.6 Å². The average molecular weight is 436 g/mol. The van der Waals surface area contributed by atoms with Crippen molar-refractivity contribution in [1.29, 1.82) is 0 Å². The van der Waals surface area contributed by atoms with Gasteiger partial charge in [-0.25, -0.2) is 9.38 Å². The van der Waals surface area contributed by atoms with Crippen LogP contribution in [0.15, 0.2) is 65.8 Å². The van der Waals surface area contributed by atoms with Gasteiger partial charge in [-0.15, -0.1) is 0 Å². The van der Waals surface area contributed by atoms with Gasteiger partial charge in [-0.3, -0.25) is 9.88 Å². The Balaban J connectivity index is 1.50. The molecular formula is C25H30FN5O. The number of para-hydroxylation sites is 1. The first kappa shape index (κ1) is 22.2. The van der Waals surface area contributed by atoms with Gasteiger partial charge in [0.25, 0.3) is 0 Å². The molecule has 2 N–H and O–H groups in total. The van der Waals surface area contributed by atoms with Gasteiger partial charge in [0.2, 0.25) is 0 Å². The van der Waals surface area contributed by atoms with Gasteiger partial charge in [0.1, 0.15) is 5.82 Å². The number of hydrogen-bond acceptors (Lipinski definition) is 4. The summed E-state index contributed by atoms with van der Waals surface area (Å²) < 4.78 is 19.0. The van der Waals surface area contributed by atoms with Gasteiger partial charge in [-0.2, -0.15) is 0 Å². The van der Waals surface area contributed by atoms with Crippen LogP contribution in [0.1, 0.15) is 24.1 Å². The van der Waals surface area contributed by atoms with Gasteiger partial charge in [0, 0.05) is 37.8 Å². The van der Waals surface area contributed by atoms with E-state index in [1.54, 1.807) is 0 Å². The third-order valence-corrected chi connectivity index (χ3v) is 5.70. The second kappa shape index (κ2) is 11.0. The van der Waals surface area contributed by atoms with E-state index >= 15 is 0 Å². The quantitative estimate of drug-likeness (QED) is 0.439. The maximum Gasteiger partial charge on any atom is 0.191 e. The van der Waals surface area contributed by atoms with Crippen molar-refractivity contribution in [3.8, 4) is 0 Å². The zero-order valence-electron chi connectivity index (χ0n) is 18.4. The molecule has 7 heteroatoms. The molecule has 1 saturated heterocycles. The van der Waals surface area contributed by atoms with E-state index in [1.165, 1.54) is 12.1 Å². The molecule has 0 aliphatic carbocycles. The van der Waals surface area contributed by atoms with Crippen molar-refractivity contribution in [2.24, 2.45) is 4.99 Å². The van der Waals surface area contributed by atoms with Crippen molar-refractivity contribution in [2.45, 2.75) is 19.5 Å². The maximum atomic E-state index is 13.5. The number of guanidine groups is 1. The Morgan fingerprint density at radius 1 is 1.09 bits per heavy atom. The molecule has 0 bridgehead atoms. The molecule has 0 radical (unpaired) electrons. The van der Waals surface area contributed by atoms with Crippen molar-refractivity contribution < 1.29 is 9.13 Å². The fraction of sp³-hybridized carbons (Fsp3) is 0.360. The van der Waals surface area contributed by atoms with E-state index in [1.807, 2.05) is 42.6 Å². The molecule has 2 heterocycles. The van der Waals surface area contributed by atoms with Crippen LogP contribution in [0.25, 0.3) is 10.9 Å². The molecule has 168 valence electrons. The molecule has 4 rings (SSSR count). The number of nitrogens with zero attached hydrogens (tertiary/aromatic N) is 3. The molecule has 32 heavy (non-hydrogen) atoms. The Labute approximate surface area is 188 Å². The SMILES string of the molecule is CCNC(=NCc1ccnc2ccccc12)NCC(c1ccc(F)cc1)N1CCOCC1. The minimum atomic E-state index is -0.220. The summed E-state index contributed by atoms with van der Waals surface area (Å²) in [5.74, 6) is 0.538. The highest BCUT2D eigenvalue weighted by atomic mass is 19.1. The van der Waals surface area contributed by atoms with Crippen molar-refractivity contribution >= 4 is 16.9 Å². The topological polar surface area (TPSA) is 61.8 Å². The number of ether oxygens (including phenoxy) is 1. The number of hydrogen-bond donors (Lipinski definition) is 2. The number of fused-ring (bicyclic) bond motifs is 1. The molecule has 1 aliphatic rings. The molecule has 3 aromatic rings. The largest absolute Gasteiger partial charge is 0.379 e. The highest BCUT2D eigenvalue weighted by molar-refractivity contribution is 5.83. The second-order valence-corrected chi connectivity index (χ2v) is 7.78. The van der Waals surface area contributed by atoms with Gasteiger partial charge in [0.05, 0.1) is 31.3 Å². The number of rotatable bonds is 7. The molecule has 0 spiro atoms. The van der Waals surface area contributed by atoms with E-state index in [4.69, 9.17) is 9.73 Å². The first-order chi connectivity index (χ1) is 15.7. The standard InChI is InChI=1S/C25H30FN5O/c1-2-27-25(29-17-20-11-12-28-23-6-4-3-5-22(20)23)30-18-24(31-13-15-32-16-14-31)19-7-9-21(26)10-8-19/h3-12,24H,2,13-18H2,1H3,(H2,27,29,30). The number of pyridine rings is 1. The summed E-state index contributed by atoms with van der Waals surface area (Å²) in [6.45, 7) is 7.15. The zero-order chi connectivity index (χ0) is 22.2. The van der Waals surface area contributed by atoms with E-state index < -0.39 is 0 Å². The van der Waals surface area contributed by atoms with Crippen LogP contribution < -0.4 is 10.6 Å². The Morgan fingerprint density at radius 3 is 2.66 bits per heavy atom. The summed E-state index contributed by atoms with van der Waals surface area (Å²) in [4.78, 5) is 11.6. The Morgan fingerprint density at radius 2 is 1.88 bits per heavy atom. The van der Waals surface area contributed by atoms with Gasteiger partial charge < -0.3 is 15.4 Å². The lowest BCUT2D eigenvalue weighted by Gasteiger charge is -2.35. The fourth-order valence-electron chi connectivity index (χ4n) is 4.02. The summed E-state index contributed by atoms with van der Waals surface area (Å²) in [5, 5.41) is 7.95. The summed E-state index contributed by atoms with van der Waals surface area (Å²) in [6.07, 6.45) is 1.83. The number of halogens is 1. The van der Waals surface area contributed by atoms with Crippen molar-refractivity contribution in [3.05, 3.63) is 77.7 Å². The summed E-state index contributed by atoms with van der Waals surface area (Å²) in [5.41, 5.74) is 3.19. The fourth-order valence-corrected chi connectivity index (χ4v) is 4.02. The van der Waals surface area contributed by atoms with E-state index in [2.05, 4.69) is 33.5 Å². The number of benzene rings is 2. The van der Waals surface area contributed by atoms with Crippen molar-refractivity contribution in [1.82, 2.24) is 20.5 Å². The smallest absolute Gasteiger partial charge is 0.191 e. The van der Waals surface area contributed by atoms with Crippen molar-refractivity contribution in [3.63, 3.8) is 0 Å². The lowest BCUT2D eigenvalue weighted by atomic mass is 10.0. The van der Waals surface area contributed by atoms with Crippen LogP contribution >= 0.6 is 0 Å². The second-order valence-electron chi connectivity index (χ2n) is 7.78. The molecule has 6 nitrogen and oxygen atoms in total. The summed E-state index contributed by atoms with van der Waals surface area (Å²) >= 11 is 0. The maximum absolute atomic E-state index is 13.5. The van der Waals surface area contributed by atoms with Crippen LogP contribution in [0.2, 0.25) is 0 Å². The molecule has 2 aromatic carbocycles. The monoisotopic (exact) mass is 435 g/mol. The lowest BCUT2D eigenvalue weighted by Crippen LogP contribution is -2.46. The number of morpholine rings is 1. The van der Waals surface area contributed by atoms with Crippen LogP contribution in [0, 0.1) is 5.82 Å². The van der Waals surface area contributed by atoms with Crippen molar-refractivity contribution in [2.75, 3.05) is 39.4 Å². The predicted molar refractivity (Wildman–Crippen MR) is 126 cm³/mol. The van der Waals surface area contributed by atoms with E-state index in [9.17, 15) is 4.39 Å². The Hall–Kier alpha value is -3.03. The third kappa shape index (κ3) is 5.60. The lowest BCUT2D eigenvalue weighted by molar-refractivity contribution is 0.0170. The normalized spacial score (nSPS) is 16.1. The molecular weight excluding hydrogens is 405 g/mol. The van der Waals surface area contributed by atoms with Crippen LogP contribution in [0.5, 0.6) is 0 Å². The van der Waals surface area contributed by atoms with E-state index in [-0.39, 0.29) is 11.9 Å². The third-order valence-electron chi connectivity index (χ3n) is 5.70. The zero-order valence-corrected chi connectivity index (χ0v) is 18.4. The van der Waals surface area contributed by atoms with Gasteiger partial charge in [-0.1, -0.05) is 30.3 Å². The first-order valence-corrected chi connectivity index (χ1v) is 11.2. The van der Waals surface area contributed by atoms with Gasteiger partial charge in [-0.05, 0) is 42.3 Å². The highest BCUT2D eigenvalue weighted by Gasteiger charge is 2.23. The molecule has 1 atom stereocenters. The highest BCUT2D eigenvalue weighted by Crippen LogP contribution is 2.22. The molecule has 1 aromatic heterocycles. The number of nitrogens with one attached hydrogen (secondary N) is 2. The van der Waals surface area contributed by atoms with Crippen LogP contribution in [-0.2, 0) is 11.3 Å². The minimum absolute atomic E-state index is 0.102. The molecule has 1 fully saturated rings. The number of aliphatic imine (C=N–C) groups is 1. The minimum Gasteiger partial charge on any atom is -0.379 e. The number of aromatic nitrogens is 1. The van der Waals surface area contributed by atoms with Gasteiger partial charge in [0.15, 0.2) is 5.96 Å². The van der Waals surface area contributed by atoms with Crippen LogP contribution in [0.4, 0.5) is 4.39 Å².